The summed E-state index contributed by atoms with van der Waals surface area (Å²) < 4.78 is 10.6. The van der Waals surface area contributed by atoms with Gasteiger partial charge in [0.15, 0.2) is 0 Å². The maximum atomic E-state index is 5.33. The summed E-state index contributed by atoms with van der Waals surface area (Å²) in [6, 6.07) is 0.370. The summed E-state index contributed by atoms with van der Waals surface area (Å²) in [6.07, 6.45) is 1.02. The molecule has 0 aromatic carbocycles. The number of methoxy groups -OCH3 is 1. The lowest BCUT2D eigenvalue weighted by atomic mass is 9.91. The monoisotopic (exact) mass is 128 g/mol. The van der Waals surface area contributed by atoms with Crippen molar-refractivity contribution in [3.05, 3.63) is 0 Å². The molecule has 1 saturated heterocycles. The highest BCUT2D eigenvalue weighted by molar-refractivity contribution is 6.11. The van der Waals surface area contributed by atoms with Gasteiger partial charge >= 0.3 is 0 Å². The Morgan fingerprint density at radius 1 is 1.78 bits per heavy atom. The van der Waals surface area contributed by atoms with Crippen molar-refractivity contribution in [3.8, 4) is 0 Å². The average Bonchev–Trinajstić information content (AvgIpc) is 2.13. The van der Waals surface area contributed by atoms with Crippen LogP contribution in [0.4, 0.5) is 0 Å². The summed E-state index contributed by atoms with van der Waals surface area (Å²) in [7, 11) is 3.81. The average molecular weight is 128 g/mol. The standard InChI is InChI=1S/C6H13BO2/c1-6(8-2)3-5(7)9-4-6/h5H,3-4,7H2,1-2H3/t5?,6-/m1/s1. The van der Waals surface area contributed by atoms with Gasteiger partial charge in [0.25, 0.3) is 0 Å². The minimum absolute atomic E-state index is 0.0145. The minimum Gasteiger partial charge on any atom is -0.384 e. The summed E-state index contributed by atoms with van der Waals surface area (Å²) in [4.78, 5) is 0. The molecule has 52 valence electrons. The highest BCUT2D eigenvalue weighted by Crippen LogP contribution is 2.24. The summed E-state index contributed by atoms with van der Waals surface area (Å²) in [5, 5.41) is 0. The number of hydrogen-bond donors (Lipinski definition) is 0. The minimum atomic E-state index is -0.0145. The largest absolute Gasteiger partial charge is 0.384 e. The Morgan fingerprint density at radius 3 is 2.67 bits per heavy atom. The molecule has 0 saturated carbocycles. The third kappa shape index (κ3) is 1.46. The fourth-order valence-corrected chi connectivity index (χ4v) is 1.19. The molecule has 0 aromatic rings. The Morgan fingerprint density at radius 2 is 2.44 bits per heavy atom. The number of hydrogen-bond acceptors (Lipinski definition) is 2. The van der Waals surface area contributed by atoms with Gasteiger partial charge in [-0.15, -0.1) is 0 Å². The van der Waals surface area contributed by atoms with E-state index in [2.05, 4.69) is 14.8 Å². The Balaban J connectivity index is 2.45. The zero-order chi connectivity index (χ0) is 6.91. The van der Waals surface area contributed by atoms with Crippen LogP contribution in [0.25, 0.3) is 0 Å². The van der Waals surface area contributed by atoms with E-state index < -0.39 is 0 Å². The van der Waals surface area contributed by atoms with E-state index in [4.69, 9.17) is 9.47 Å². The van der Waals surface area contributed by atoms with Crippen molar-refractivity contribution in [2.75, 3.05) is 13.7 Å². The Labute approximate surface area is 56.9 Å². The Kier molecular flexibility index (Phi) is 1.82. The topological polar surface area (TPSA) is 18.5 Å². The molecule has 0 bridgehead atoms. The summed E-state index contributed by atoms with van der Waals surface area (Å²) >= 11 is 0. The van der Waals surface area contributed by atoms with Gasteiger partial charge in [0.2, 0.25) is 0 Å². The first kappa shape index (κ1) is 7.10. The van der Waals surface area contributed by atoms with Crippen LogP contribution in [0.2, 0.25) is 0 Å². The Bertz CT molecular complexity index is 107. The second-order valence-electron chi connectivity index (χ2n) is 2.98. The summed E-state index contributed by atoms with van der Waals surface area (Å²) in [6.45, 7) is 2.82. The van der Waals surface area contributed by atoms with Crippen LogP contribution in [-0.2, 0) is 9.47 Å². The molecule has 1 heterocycles. The van der Waals surface area contributed by atoms with Crippen LogP contribution in [-0.4, -0.2) is 33.2 Å². The highest BCUT2D eigenvalue weighted by Gasteiger charge is 2.33. The molecule has 9 heavy (non-hydrogen) atoms. The lowest BCUT2D eigenvalue weighted by Crippen LogP contribution is -2.27. The summed E-state index contributed by atoms with van der Waals surface area (Å²) in [5.41, 5.74) is -0.0145. The van der Waals surface area contributed by atoms with Crippen LogP contribution in [0.3, 0.4) is 0 Å². The van der Waals surface area contributed by atoms with Crippen molar-refractivity contribution < 1.29 is 9.47 Å². The second kappa shape index (κ2) is 2.31. The highest BCUT2D eigenvalue weighted by atomic mass is 16.6. The van der Waals surface area contributed by atoms with Gasteiger partial charge in [0.1, 0.15) is 7.85 Å². The van der Waals surface area contributed by atoms with Crippen LogP contribution in [0, 0.1) is 0 Å². The summed E-state index contributed by atoms with van der Waals surface area (Å²) in [5.74, 6) is 0. The van der Waals surface area contributed by atoms with Gasteiger partial charge in [-0.2, -0.15) is 0 Å². The van der Waals surface area contributed by atoms with Crippen molar-refractivity contribution >= 4 is 7.85 Å². The lowest BCUT2D eigenvalue weighted by Gasteiger charge is -2.18. The number of rotatable bonds is 1. The second-order valence-corrected chi connectivity index (χ2v) is 2.98. The van der Waals surface area contributed by atoms with Gasteiger partial charge in [-0.3, -0.25) is 0 Å². The van der Waals surface area contributed by atoms with Gasteiger partial charge in [-0.05, 0) is 13.3 Å². The fraction of sp³-hybridized carbons (Fsp3) is 1.00. The third-order valence-electron chi connectivity index (χ3n) is 1.89. The zero-order valence-corrected chi connectivity index (χ0v) is 6.31. The van der Waals surface area contributed by atoms with E-state index in [1.54, 1.807) is 7.11 Å². The first-order valence-electron chi connectivity index (χ1n) is 3.33. The van der Waals surface area contributed by atoms with Crippen LogP contribution >= 0.6 is 0 Å². The van der Waals surface area contributed by atoms with E-state index in [-0.39, 0.29) is 5.60 Å². The lowest BCUT2D eigenvalue weighted by molar-refractivity contribution is -0.00223. The predicted octanol–water partition coefficient (Wildman–Crippen LogP) is -0.229. The maximum absolute atomic E-state index is 5.33. The van der Waals surface area contributed by atoms with Crippen LogP contribution < -0.4 is 0 Å². The molecule has 1 fully saturated rings. The molecule has 1 aliphatic rings. The third-order valence-corrected chi connectivity index (χ3v) is 1.89. The van der Waals surface area contributed by atoms with Crippen molar-refractivity contribution in [2.24, 2.45) is 0 Å². The fourth-order valence-electron chi connectivity index (χ4n) is 1.19. The molecular weight excluding hydrogens is 115 g/mol. The Hall–Kier alpha value is -0.0151. The first-order chi connectivity index (χ1) is 4.16. The molecule has 0 aromatic heterocycles. The van der Waals surface area contributed by atoms with Gasteiger partial charge < -0.3 is 9.47 Å². The first-order valence-corrected chi connectivity index (χ1v) is 3.33. The van der Waals surface area contributed by atoms with E-state index in [1.165, 1.54) is 0 Å². The molecule has 0 spiro atoms. The van der Waals surface area contributed by atoms with E-state index in [9.17, 15) is 0 Å². The molecule has 1 rings (SSSR count). The SMILES string of the molecule is BC1C[C@@](C)(OC)CO1. The van der Waals surface area contributed by atoms with Crippen LogP contribution in [0.5, 0.6) is 0 Å². The molecule has 0 amide bonds. The van der Waals surface area contributed by atoms with E-state index in [0.29, 0.717) is 6.00 Å². The van der Waals surface area contributed by atoms with Crippen LogP contribution in [0.15, 0.2) is 0 Å². The van der Waals surface area contributed by atoms with Crippen molar-refractivity contribution in [2.45, 2.75) is 24.9 Å². The van der Waals surface area contributed by atoms with Crippen molar-refractivity contribution in [1.82, 2.24) is 0 Å². The van der Waals surface area contributed by atoms with Gasteiger partial charge in [0, 0.05) is 13.1 Å². The van der Waals surface area contributed by atoms with Gasteiger partial charge in [-0.1, -0.05) is 0 Å². The van der Waals surface area contributed by atoms with Gasteiger partial charge in [-0.25, -0.2) is 0 Å². The molecular formula is C6H13BO2. The molecule has 0 N–H and O–H groups in total. The molecule has 0 radical (unpaired) electrons. The maximum Gasteiger partial charge on any atom is 0.139 e. The molecule has 3 heteroatoms. The molecule has 1 aliphatic heterocycles. The molecule has 1 unspecified atom stereocenters. The normalized spacial score (nSPS) is 43.6. The van der Waals surface area contributed by atoms with Crippen molar-refractivity contribution in [1.29, 1.82) is 0 Å². The smallest absolute Gasteiger partial charge is 0.139 e. The van der Waals surface area contributed by atoms with Gasteiger partial charge in [0.05, 0.1) is 12.2 Å². The molecule has 2 nitrogen and oxygen atoms in total. The van der Waals surface area contributed by atoms with Crippen LogP contribution in [0.1, 0.15) is 13.3 Å². The van der Waals surface area contributed by atoms with E-state index >= 15 is 0 Å². The van der Waals surface area contributed by atoms with E-state index in [1.807, 2.05) is 0 Å². The number of ether oxygens (including phenoxy) is 2. The predicted molar refractivity (Wildman–Crippen MR) is 38.3 cm³/mol. The zero-order valence-electron chi connectivity index (χ0n) is 6.31. The quantitative estimate of drug-likeness (QED) is 0.454. The molecule has 2 atom stereocenters. The van der Waals surface area contributed by atoms with Crippen molar-refractivity contribution in [3.63, 3.8) is 0 Å². The molecule has 0 aliphatic carbocycles. The van der Waals surface area contributed by atoms with E-state index in [0.717, 1.165) is 13.0 Å².